The van der Waals surface area contributed by atoms with Gasteiger partial charge in [-0.2, -0.15) is 8.42 Å². The third-order valence-electron chi connectivity index (χ3n) is 5.64. The molecule has 0 saturated carbocycles. The fraction of sp³-hybridized carbons (Fsp3) is 0.214. The van der Waals surface area contributed by atoms with Gasteiger partial charge in [-0.1, -0.05) is 13.5 Å². The number of carboxylic acids is 2. The molecule has 3 aromatic carbocycles. The second kappa shape index (κ2) is 34.7. The van der Waals surface area contributed by atoms with Crippen LogP contribution in [-0.4, -0.2) is 148 Å². The Hall–Kier alpha value is -3.32. The zero-order chi connectivity index (χ0) is 42.9. The zero-order valence-corrected chi connectivity index (χ0v) is 37.2. The average Bonchev–Trinajstić information content (AvgIpc) is 3.09. The van der Waals surface area contributed by atoms with Crippen molar-refractivity contribution in [3.05, 3.63) is 96.1 Å². The van der Waals surface area contributed by atoms with Crippen LogP contribution >= 0.6 is 0 Å². The summed E-state index contributed by atoms with van der Waals surface area (Å²) in [6.07, 6.45) is 0. The van der Waals surface area contributed by atoms with Crippen LogP contribution in [0.3, 0.4) is 0 Å². The second-order valence-electron chi connectivity index (χ2n) is 8.79. The molecule has 309 valence electrons. The summed E-state index contributed by atoms with van der Waals surface area (Å²) < 4.78 is 41.1. The third kappa shape index (κ3) is 27.1. The van der Waals surface area contributed by atoms with Crippen molar-refractivity contribution in [1.82, 2.24) is 5.64 Å². The maximum absolute atomic E-state index is 11.3. The van der Waals surface area contributed by atoms with Crippen molar-refractivity contribution in [2.75, 3.05) is 14.2 Å². The summed E-state index contributed by atoms with van der Waals surface area (Å²) in [7, 11) is -2.11. The standard InChI is InChI=1S/C10H11NO5.C8H7NO5.C8H8O3.CH2O3.CH4.2K.H3NO3.H2O4S/c1-6-7(10(12)16-3)4-5-8(11(13)14)9(6)15-2;1-4-5(8(11)12)2-3-6(7(4)10)9(13)14;1-5-6(8(10)11)3-2-4-7(5)9;2-1-4-3;;;;2-1-4-3;1-5(2,3)4/h4-5H,1-3H3;2-3,10H,1H3,(H,11,12);2-4,9H,1H3,(H,10,11);1,3H;1H4;;;1-3H;(H2,1,2,3,4)/q;;;;;;+1;;/p-1. The third-order valence-corrected chi connectivity index (χ3v) is 5.64. The van der Waals surface area contributed by atoms with Gasteiger partial charge in [0.2, 0.25) is 5.75 Å². The summed E-state index contributed by atoms with van der Waals surface area (Å²) in [5, 5.41) is 79.2. The maximum Gasteiger partial charge on any atom is 1.00 e. The van der Waals surface area contributed by atoms with Crippen LogP contribution < -0.4 is 67.0 Å². The van der Waals surface area contributed by atoms with Crippen LogP contribution in [0.4, 0.5) is 11.4 Å². The van der Waals surface area contributed by atoms with Gasteiger partial charge in [0, 0.05) is 80.2 Å². The molecule has 0 aliphatic heterocycles. The van der Waals surface area contributed by atoms with Gasteiger partial charge in [0.15, 0.2) is 5.75 Å². The molecule has 0 saturated heterocycles. The summed E-state index contributed by atoms with van der Waals surface area (Å²) in [6, 6.07) is 9.05. The monoisotopic (exact) mass is 892 g/mol. The van der Waals surface area contributed by atoms with Gasteiger partial charge in [0.1, 0.15) is 5.75 Å². The number of carbonyl (C=O) groups is 4. The van der Waals surface area contributed by atoms with E-state index in [1.807, 2.05) is 0 Å². The van der Waals surface area contributed by atoms with Gasteiger partial charge in [-0.05, 0) is 50.7 Å². The molecule has 9 N–H and O–H groups in total. The van der Waals surface area contributed by atoms with Crippen molar-refractivity contribution in [2.45, 2.75) is 28.2 Å². The topological polar surface area (TPSA) is 423 Å². The number of aromatic carboxylic acids is 2. The molecule has 1 radical (unpaired) electrons. The van der Waals surface area contributed by atoms with Gasteiger partial charge in [0.25, 0.3) is 6.47 Å². The number of rotatable bonds is 8. The molecule has 0 aromatic heterocycles. The fourth-order valence-electron chi connectivity index (χ4n) is 3.33. The Morgan fingerprint density at radius 3 is 1.51 bits per heavy atom. The Morgan fingerprint density at radius 1 is 0.807 bits per heavy atom. The molecule has 3 aromatic rings. The summed E-state index contributed by atoms with van der Waals surface area (Å²) >= 11 is 0. The number of nitrogens with one attached hydrogen (secondary N) is 1. The minimum absolute atomic E-state index is 0. The normalized spacial score (nSPS) is 8.88. The number of esters is 1. The first-order valence-electron chi connectivity index (χ1n) is 13.2. The van der Waals surface area contributed by atoms with E-state index in [1.54, 1.807) is 13.8 Å². The number of nitrogens with zero attached hydrogens (tertiary/aromatic N) is 2. The van der Waals surface area contributed by atoms with E-state index in [1.165, 1.54) is 51.5 Å². The van der Waals surface area contributed by atoms with E-state index in [-0.39, 0.29) is 156 Å². The molecule has 0 spiro atoms. The number of carbonyl (C=O) groups excluding carboxylic acids is 2. The largest absolute Gasteiger partial charge is 1.00 e. The molecular formula is C28H36K2N3O23S. The molecule has 0 atom stereocenters. The molecule has 0 unspecified atom stereocenters. The van der Waals surface area contributed by atoms with E-state index in [9.17, 15) is 39.7 Å². The smallest absolute Gasteiger partial charge is 0.662 e. The SMILES string of the molecule is C.COC(=O)c1ccc([N+](=O)[O-])c(OC)c1C.Cc1c(C(=O)O)ccc([N+](=O)[O-])c1O.Cc1c(O)cccc1C(=O)O.O=CO[O-].O=S(=O)(O)O.ONOO.[K+].[K]. The van der Waals surface area contributed by atoms with Gasteiger partial charge in [-0.25, -0.2) is 19.6 Å². The summed E-state index contributed by atoms with van der Waals surface area (Å²) in [6.45, 7) is 4.27. The molecule has 0 heterocycles. The van der Waals surface area contributed by atoms with Crippen LogP contribution in [0, 0.1) is 41.0 Å². The molecule has 0 bridgehead atoms. The number of ether oxygens (including phenoxy) is 2. The summed E-state index contributed by atoms with van der Waals surface area (Å²) in [4.78, 5) is 66.2. The van der Waals surface area contributed by atoms with Gasteiger partial charge in [-0.3, -0.25) is 39.3 Å². The number of phenolic OH excluding ortho intramolecular Hbond substituents is 2. The first-order chi connectivity index (χ1) is 24.9. The number of carboxylic acid groups (broad SMARTS) is 2. The van der Waals surface area contributed by atoms with Crippen LogP contribution in [0.2, 0.25) is 0 Å². The number of methoxy groups -OCH3 is 2. The average molecular weight is 893 g/mol. The Bertz CT molecular complexity index is 1810. The first kappa shape index (κ1) is 65.5. The van der Waals surface area contributed by atoms with Crippen LogP contribution in [0.15, 0.2) is 42.5 Å². The number of benzene rings is 3. The number of nitro groups is 2. The molecule has 0 fully saturated rings. The van der Waals surface area contributed by atoms with Crippen LogP contribution in [0.5, 0.6) is 17.2 Å². The van der Waals surface area contributed by atoms with E-state index in [0.717, 1.165) is 17.8 Å². The van der Waals surface area contributed by atoms with Crippen molar-refractivity contribution in [3.63, 3.8) is 0 Å². The Balaban J connectivity index is -0.000000146. The molecule has 0 aliphatic carbocycles. The predicted molar refractivity (Wildman–Crippen MR) is 184 cm³/mol. The Morgan fingerprint density at radius 2 is 1.19 bits per heavy atom. The van der Waals surface area contributed by atoms with E-state index in [0.29, 0.717) is 11.1 Å². The molecule has 29 heteroatoms. The predicted octanol–water partition coefficient (Wildman–Crippen LogP) is -1.18. The molecule has 0 aliphatic rings. The molecule has 0 amide bonds. The Labute approximate surface area is 407 Å². The number of aromatic hydroxyl groups is 2. The Kier molecular flexibility index (Phi) is 39.9. The number of hydrogen-bond acceptors (Lipinski definition) is 20. The van der Waals surface area contributed by atoms with Crippen LogP contribution in [0.25, 0.3) is 0 Å². The van der Waals surface area contributed by atoms with Gasteiger partial charge < -0.3 is 40.0 Å². The van der Waals surface area contributed by atoms with Crippen LogP contribution in [0.1, 0.15) is 55.2 Å². The van der Waals surface area contributed by atoms with E-state index in [2.05, 4.69) is 14.6 Å². The molecule has 26 nitrogen and oxygen atoms in total. The quantitative estimate of drug-likeness (QED) is 0.0244. The molecule has 3 rings (SSSR count). The van der Waals surface area contributed by atoms with E-state index >= 15 is 0 Å². The minimum Gasteiger partial charge on any atom is -0.662 e. The van der Waals surface area contributed by atoms with Crippen molar-refractivity contribution in [2.24, 2.45) is 0 Å². The first-order valence-corrected chi connectivity index (χ1v) is 14.6. The van der Waals surface area contributed by atoms with Crippen LogP contribution in [-0.2, 0) is 29.8 Å². The van der Waals surface area contributed by atoms with E-state index in [4.69, 9.17) is 58.1 Å². The zero-order valence-electron chi connectivity index (χ0n) is 30.1. The number of phenols is 2. The minimum atomic E-state index is -4.67. The van der Waals surface area contributed by atoms with Crippen molar-refractivity contribution in [1.29, 1.82) is 0 Å². The second-order valence-corrected chi connectivity index (χ2v) is 9.68. The van der Waals surface area contributed by atoms with Crippen molar-refractivity contribution < 1.29 is 153 Å². The van der Waals surface area contributed by atoms with Crippen molar-refractivity contribution in [3.8, 4) is 17.2 Å². The van der Waals surface area contributed by atoms with Gasteiger partial charge >= 0.3 is 91.1 Å². The molecule has 57 heavy (non-hydrogen) atoms. The van der Waals surface area contributed by atoms with Gasteiger partial charge in [-0.15, -0.1) is 4.99 Å². The van der Waals surface area contributed by atoms with Crippen molar-refractivity contribution >= 4 is 97.5 Å². The summed E-state index contributed by atoms with van der Waals surface area (Å²) in [5.41, 5.74) is 1.36. The van der Waals surface area contributed by atoms with Gasteiger partial charge in [0.05, 0.1) is 40.8 Å². The van der Waals surface area contributed by atoms with E-state index < -0.39 is 49.6 Å². The number of hydrogen-bond donors (Lipinski definition) is 9. The summed E-state index contributed by atoms with van der Waals surface area (Å²) in [5.74, 6) is -3.30. The number of nitro benzene ring substituents is 2. The maximum atomic E-state index is 11.3. The molecular weight excluding hydrogens is 857 g/mol. The fourth-order valence-corrected chi connectivity index (χ4v) is 3.33.